The van der Waals surface area contributed by atoms with E-state index >= 15 is 0 Å². The van der Waals surface area contributed by atoms with Gasteiger partial charge < -0.3 is 9.84 Å². The Balaban J connectivity index is 2.31. The Labute approximate surface area is 122 Å². The number of aliphatic hydroxyl groups is 1. The van der Waals surface area contributed by atoms with Crippen LogP contribution in [0.25, 0.3) is 0 Å². The molecule has 0 bridgehead atoms. The van der Waals surface area contributed by atoms with Crippen LogP contribution in [0.1, 0.15) is 45.8 Å². The molecular weight excluding hydrogens is 311 g/mol. The minimum Gasteiger partial charge on any atom is -0.388 e. The van der Waals surface area contributed by atoms with Crippen LogP contribution in [-0.2, 0) is 4.74 Å². The molecule has 1 aliphatic heterocycles. The maximum Gasteiger partial charge on any atom is 0.130 e. The fourth-order valence-corrected chi connectivity index (χ4v) is 3.39. The standard InChI is InChI=1S/C15H20BrFO2/c1-14(2)8-11(15(3,4)19-14)13(18)10-6-5-9(16)7-12(10)17/h5-7,11,13,18H,8H2,1-4H3. The first-order chi connectivity index (χ1) is 8.62. The van der Waals surface area contributed by atoms with E-state index in [-0.39, 0.29) is 17.3 Å². The molecule has 1 aromatic carbocycles. The van der Waals surface area contributed by atoms with E-state index < -0.39 is 11.7 Å². The van der Waals surface area contributed by atoms with Crippen molar-refractivity contribution in [2.24, 2.45) is 5.92 Å². The van der Waals surface area contributed by atoms with Gasteiger partial charge in [-0.3, -0.25) is 0 Å². The van der Waals surface area contributed by atoms with Crippen LogP contribution >= 0.6 is 15.9 Å². The maximum absolute atomic E-state index is 14.0. The Hall–Kier alpha value is -0.450. The Morgan fingerprint density at radius 3 is 2.47 bits per heavy atom. The van der Waals surface area contributed by atoms with Crippen LogP contribution in [0.2, 0.25) is 0 Å². The highest BCUT2D eigenvalue weighted by atomic mass is 79.9. The summed E-state index contributed by atoms with van der Waals surface area (Å²) in [4.78, 5) is 0. The summed E-state index contributed by atoms with van der Waals surface area (Å²) in [6.45, 7) is 7.90. The van der Waals surface area contributed by atoms with Gasteiger partial charge in [-0.2, -0.15) is 0 Å². The largest absolute Gasteiger partial charge is 0.388 e. The van der Waals surface area contributed by atoms with Crippen LogP contribution < -0.4 is 0 Å². The molecule has 1 saturated heterocycles. The molecule has 0 spiro atoms. The third kappa shape index (κ3) is 3.01. The lowest BCUT2D eigenvalue weighted by molar-refractivity contribution is -0.0882. The molecule has 2 unspecified atom stereocenters. The summed E-state index contributed by atoms with van der Waals surface area (Å²) in [5.74, 6) is -0.513. The minimum atomic E-state index is -0.857. The van der Waals surface area contributed by atoms with Gasteiger partial charge in [0.25, 0.3) is 0 Å². The van der Waals surface area contributed by atoms with Crippen molar-refractivity contribution in [3.63, 3.8) is 0 Å². The molecule has 0 radical (unpaired) electrons. The van der Waals surface area contributed by atoms with Crippen molar-refractivity contribution in [2.45, 2.75) is 51.4 Å². The average molecular weight is 331 g/mol. The fraction of sp³-hybridized carbons (Fsp3) is 0.600. The maximum atomic E-state index is 14.0. The lowest BCUT2D eigenvalue weighted by atomic mass is 9.80. The van der Waals surface area contributed by atoms with E-state index in [1.807, 2.05) is 27.7 Å². The number of halogens is 2. The lowest BCUT2D eigenvalue weighted by Gasteiger charge is -2.30. The zero-order valence-corrected chi connectivity index (χ0v) is 13.3. The first-order valence-corrected chi connectivity index (χ1v) is 7.25. The zero-order chi connectivity index (χ0) is 14.4. The van der Waals surface area contributed by atoms with Crippen LogP contribution in [0, 0.1) is 11.7 Å². The van der Waals surface area contributed by atoms with E-state index in [0.717, 1.165) is 0 Å². The summed E-state index contributed by atoms with van der Waals surface area (Å²) in [5, 5.41) is 10.5. The highest BCUT2D eigenvalue weighted by molar-refractivity contribution is 9.10. The van der Waals surface area contributed by atoms with Gasteiger partial charge in [-0.25, -0.2) is 4.39 Å². The molecule has 106 valence electrons. The van der Waals surface area contributed by atoms with E-state index in [1.165, 1.54) is 6.07 Å². The Bertz CT molecular complexity index is 485. The van der Waals surface area contributed by atoms with Gasteiger partial charge in [-0.15, -0.1) is 0 Å². The highest BCUT2D eigenvalue weighted by Gasteiger charge is 2.49. The molecule has 4 heteroatoms. The molecule has 0 aromatic heterocycles. The summed E-state index contributed by atoms with van der Waals surface area (Å²) in [7, 11) is 0. The van der Waals surface area contributed by atoms with Gasteiger partial charge >= 0.3 is 0 Å². The molecule has 2 nitrogen and oxygen atoms in total. The minimum absolute atomic E-state index is 0.127. The Kier molecular flexibility index (Phi) is 3.80. The topological polar surface area (TPSA) is 29.5 Å². The van der Waals surface area contributed by atoms with E-state index in [0.29, 0.717) is 16.5 Å². The van der Waals surface area contributed by atoms with Gasteiger partial charge in [-0.05, 0) is 46.2 Å². The van der Waals surface area contributed by atoms with E-state index in [2.05, 4.69) is 15.9 Å². The predicted octanol–water partition coefficient (Wildman–Crippen LogP) is 4.22. The third-order valence-corrected chi connectivity index (χ3v) is 4.30. The van der Waals surface area contributed by atoms with E-state index in [9.17, 15) is 9.50 Å². The van der Waals surface area contributed by atoms with Crippen LogP contribution in [0.4, 0.5) is 4.39 Å². The molecule has 0 aliphatic carbocycles. The van der Waals surface area contributed by atoms with Crippen molar-refractivity contribution < 1.29 is 14.2 Å². The number of ether oxygens (including phenoxy) is 1. The van der Waals surface area contributed by atoms with E-state index in [4.69, 9.17) is 4.74 Å². The van der Waals surface area contributed by atoms with Crippen molar-refractivity contribution in [1.82, 2.24) is 0 Å². The second kappa shape index (κ2) is 4.83. The number of hydrogen-bond acceptors (Lipinski definition) is 2. The van der Waals surface area contributed by atoms with Crippen molar-refractivity contribution in [1.29, 1.82) is 0 Å². The zero-order valence-electron chi connectivity index (χ0n) is 11.7. The van der Waals surface area contributed by atoms with Gasteiger partial charge in [0.15, 0.2) is 0 Å². The third-order valence-electron chi connectivity index (χ3n) is 3.81. The molecule has 1 aromatic rings. The number of rotatable bonds is 2. The molecule has 2 atom stereocenters. The normalized spacial score (nSPS) is 26.4. The first-order valence-electron chi connectivity index (χ1n) is 6.45. The quantitative estimate of drug-likeness (QED) is 0.879. The summed E-state index contributed by atoms with van der Waals surface area (Å²) in [6, 6.07) is 4.76. The molecule has 2 rings (SSSR count). The van der Waals surface area contributed by atoms with Gasteiger partial charge in [0.05, 0.1) is 17.3 Å². The van der Waals surface area contributed by atoms with Gasteiger partial charge in [0.2, 0.25) is 0 Å². The molecule has 0 saturated carbocycles. The smallest absolute Gasteiger partial charge is 0.130 e. The average Bonchev–Trinajstić information content (AvgIpc) is 2.45. The number of benzene rings is 1. The van der Waals surface area contributed by atoms with Crippen LogP contribution in [0.3, 0.4) is 0 Å². The first kappa shape index (κ1) is 14.9. The number of hydrogen-bond donors (Lipinski definition) is 1. The van der Waals surface area contributed by atoms with Crippen LogP contribution in [0.5, 0.6) is 0 Å². The molecule has 0 amide bonds. The summed E-state index contributed by atoms with van der Waals surface area (Å²) in [6.07, 6.45) is -0.152. The Morgan fingerprint density at radius 1 is 1.37 bits per heavy atom. The van der Waals surface area contributed by atoms with Crippen molar-refractivity contribution in [2.75, 3.05) is 0 Å². The van der Waals surface area contributed by atoms with Gasteiger partial charge in [0, 0.05) is 16.0 Å². The summed E-state index contributed by atoms with van der Waals surface area (Å²) < 4.78 is 20.6. The monoisotopic (exact) mass is 330 g/mol. The molecule has 1 fully saturated rings. The molecule has 1 aliphatic rings. The molecular formula is C15H20BrFO2. The summed E-state index contributed by atoms with van der Waals surface area (Å²) in [5.41, 5.74) is -0.425. The lowest BCUT2D eigenvalue weighted by Crippen LogP contribution is -2.33. The van der Waals surface area contributed by atoms with Crippen molar-refractivity contribution in [3.8, 4) is 0 Å². The van der Waals surface area contributed by atoms with Gasteiger partial charge in [0.1, 0.15) is 5.82 Å². The second-order valence-corrected chi connectivity index (χ2v) is 7.30. The van der Waals surface area contributed by atoms with Crippen molar-refractivity contribution in [3.05, 3.63) is 34.1 Å². The molecule has 19 heavy (non-hydrogen) atoms. The highest BCUT2D eigenvalue weighted by Crippen LogP contribution is 2.48. The summed E-state index contributed by atoms with van der Waals surface area (Å²) >= 11 is 3.22. The second-order valence-electron chi connectivity index (χ2n) is 6.39. The fourth-order valence-electron chi connectivity index (χ4n) is 3.05. The van der Waals surface area contributed by atoms with Crippen LogP contribution in [0.15, 0.2) is 22.7 Å². The SMILES string of the molecule is CC1(C)CC(C(O)c2ccc(Br)cc2F)C(C)(C)O1. The van der Waals surface area contributed by atoms with E-state index in [1.54, 1.807) is 12.1 Å². The Morgan fingerprint density at radius 2 is 2.00 bits per heavy atom. The molecule has 1 N–H and O–H groups in total. The van der Waals surface area contributed by atoms with Crippen molar-refractivity contribution >= 4 is 15.9 Å². The van der Waals surface area contributed by atoms with Gasteiger partial charge in [-0.1, -0.05) is 22.0 Å². The van der Waals surface area contributed by atoms with Crippen LogP contribution in [-0.4, -0.2) is 16.3 Å². The number of aliphatic hydroxyl groups excluding tert-OH is 1. The molecule has 1 heterocycles. The predicted molar refractivity (Wildman–Crippen MR) is 76.4 cm³/mol.